The van der Waals surface area contributed by atoms with Gasteiger partial charge >= 0.3 is 0 Å². The number of thioether (sulfide) groups is 1. The second kappa shape index (κ2) is 10.9. The van der Waals surface area contributed by atoms with Gasteiger partial charge < -0.3 is 5.32 Å². The Kier molecular flexibility index (Phi) is 10.8. The lowest BCUT2D eigenvalue weighted by Gasteiger charge is -2.01. The summed E-state index contributed by atoms with van der Waals surface area (Å²) in [5.41, 5.74) is 0. The van der Waals surface area contributed by atoms with Crippen LogP contribution in [-0.4, -0.2) is 25.1 Å². The minimum atomic E-state index is 0.901. The summed E-state index contributed by atoms with van der Waals surface area (Å²) in [6.07, 6.45) is 11.9. The van der Waals surface area contributed by atoms with Gasteiger partial charge in [-0.3, -0.25) is 0 Å². The molecule has 0 spiro atoms. The van der Waals surface area contributed by atoms with Crippen LogP contribution < -0.4 is 5.32 Å². The molecule has 0 aliphatic heterocycles. The number of unbranched alkanes of at least 4 members (excludes halogenated alkanes) is 2. The summed E-state index contributed by atoms with van der Waals surface area (Å²) in [4.78, 5) is 0. The highest BCUT2D eigenvalue weighted by Gasteiger charge is 1.87. The Morgan fingerprint density at radius 1 is 1.25 bits per heavy atom. The predicted molar refractivity (Wildman–Crippen MR) is 58.6 cm³/mol. The molecular formula is C10H19NS. The van der Waals surface area contributed by atoms with E-state index in [-0.39, 0.29) is 0 Å². The molecule has 0 aromatic heterocycles. The number of hydrogen-bond donors (Lipinski definition) is 1. The molecule has 0 atom stereocenters. The topological polar surface area (TPSA) is 12.0 Å². The minimum Gasteiger partial charge on any atom is -0.317 e. The van der Waals surface area contributed by atoms with Crippen LogP contribution in [0.15, 0.2) is 0 Å². The van der Waals surface area contributed by atoms with Gasteiger partial charge in [-0.1, -0.05) is 0 Å². The van der Waals surface area contributed by atoms with E-state index in [2.05, 4.69) is 17.5 Å². The molecule has 0 aromatic rings. The molecule has 0 aliphatic carbocycles. The highest BCUT2D eigenvalue weighted by Crippen LogP contribution is 1.97. The first-order valence-corrected chi connectivity index (χ1v) is 5.94. The van der Waals surface area contributed by atoms with Crippen molar-refractivity contribution < 1.29 is 0 Å². The van der Waals surface area contributed by atoms with Gasteiger partial charge in [0.05, 0.1) is 0 Å². The fourth-order valence-electron chi connectivity index (χ4n) is 0.937. The second-order valence-electron chi connectivity index (χ2n) is 2.76. The molecule has 1 N–H and O–H groups in total. The molecule has 0 saturated heterocycles. The zero-order valence-corrected chi connectivity index (χ0v) is 8.75. The number of hydrogen-bond acceptors (Lipinski definition) is 2. The summed E-state index contributed by atoms with van der Waals surface area (Å²) in [7, 11) is 0. The lowest BCUT2D eigenvalue weighted by Crippen LogP contribution is -2.16. The number of terminal acetylenes is 1. The van der Waals surface area contributed by atoms with E-state index in [1.54, 1.807) is 0 Å². The van der Waals surface area contributed by atoms with Gasteiger partial charge in [0.1, 0.15) is 0 Å². The van der Waals surface area contributed by atoms with Crippen molar-refractivity contribution >= 4 is 11.8 Å². The normalized spacial score (nSPS) is 9.67. The lowest BCUT2D eigenvalue weighted by atomic mass is 10.3. The Morgan fingerprint density at radius 2 is 2.00 bits per heavy atom. The van der Waals surface area contributed by atoms with Crippen LogP contribution in [0.25, 0.3) is 0 Å². The Hall–Kier alpha value is -0.130. The first-order valence-electron chi connectivity index (χ1n) is 4.55. The van der Waals surface area contributed by atoms with Gasteiger partial charge in [0, 0.05) is 6.42 Å². The third kappa shape index (κ3) is 9.87. The van der Waals surface area contributed by atoms with Crippen molar-refractivity contribution in [2.45, 2.75) is 25.7 Å². The molecule has 0 rings (SSSR count). The van der Waals surface area contributed by atoms with E-state index in [9.17, 15) is 0 Å². The molecule has 0 bridgehead atoms. The van der Waals surface area contributed by atoms with Gasteiger partial charge in [0.25, 0.3) is 0 Å². The molecule has 0 heterocycles. The van der Waals surface area contributed by atoms with Crippen LogP contribution in [-0.2, 0) is 0 Å². The first-order chi connectivity index (χ1) is 5.91. The molecule has 0 unspecified atom stereocenters. The van der Waals surface area contributed by atoms with Crippen LogP contribution >= 0.6 is 11.8 Å². The lowest BCUT2D eigenvalue weighted by molar-refractivity contribution is 0.625. The maximum atomic E-state index is 5.13. The third-order valence-corrected chi connectivity index (χ3v) is 2.32. The molecule has 1 nitrogen and oxygen atoms in total. The van der Waals surface area contributed by atoms with Gasteiger partial charge in [-0.05, 0) is 44.4 Å². The van der Waals surface area contributed by atoms with E-state index in [1.165, 1.54) is 18.6 Å². The van der Waals surface area contributed by atoms with Gasteiger partial charge in [0.2, 0.25) is 0 Å². The first kappa shape index (κ1) is 11.9. The van der Waals surface area contributed by atoms with Crippen molar-refractivity contribution in [3.8, 4) is 12.3 Å². The van der Waals surface area contributed by atoms with Crippen LogP contribution in [0.1, 0.15) is 25.7 Å². The highest BCUT2D eigenvalue weighted by atomic mass is 32.2. The molecule has 70 valence electrons. The van der Waals surface area contributed by atoms with E-state index < -0.39 is 0 Å². The molecule has 0 saturated carbocycles. The number of rotatable bonds is 8. The van der Waals surface area contributed by atoms with Gasteiger partial charge in [0.15, 0.2) is 0 Å². The largest absolute Gasteiger partial charge is 0.317 e. The molecule has 0 fully saturated rings. The van der Waals surface area contributed by atoms with Crippen molar-refractivity contribution in [3.63, 3.8) is 0 Å². The average Bonchev–Trinajstić information content (AvgIpc) is 2.10. The third-order valence-electron chi connectivity index (χ3n) is 1.63. The summed E-state index contributed by atoms with van der Waals surface area (Å²) in [6.45, 7) is 2.22. The zero-order chi connectivity index (χ0) is 9.07. The smallest absolute Gasteiger partial charge is 0.00981 e. The maximum absolute atomic E-state index is 5.13. The van der Waals surface area contributed by atoms with E-state index in [0.29, 0.717) is 0 Å². The van der Waals surface area contributed by atoms with Crippen molar-refractivity contribution in [2.24, 2.45) is 0 Å². The van der Waals surface area contributed by atoms with Crippen LogP contribution in [0.3, 0.4) is 0 Å². The highest BCUT2D eigenvalue weighted by molar-refractivity contribution is 7.98. The molecule has 0 aromatic carbocycles. The fourth-order valence-corrected chi connectivity index (χ4v) is 1.43. The summed E-state index contributed by atoms with van der Waals surface area (Å²) >= 11 is 1.92. The summed E-state index contributed by atoms with van der Waals surface area (Å²) in [6, 6.07) is 0. The Labute approximate surface area is 80.7 Å². The van der Waals surface area contributed by atoms with Crippen molar-refractivity contribution in [3.05, 3.63) is 0 Å². The molecule has 0 radical (unpaired) electrons. The fraction of sp³-hybridized carbons (Fsp3) is 0.800. The Morgan fingerprint density at radius 3 is 2.67 bits per heavy atom. The van der Waals surface area contributed by atoms with Gasteiger partial charge in [-0.2, -0.15) is 11.8 Å². The summed E-state index contributed by atoms with van der Waals surface area (Å²) in [5, 5.41) is 3.37. The van der Waals surface area contributed by atoms with Crippen molar-refractivity contribution in [2.75, 3.05) is 25.1 Å². The van der Waals surface area contributed by atoms with Crippen LogP contribution in [0.2, 0.25) is 0 Å². The standard InChI is InChI=1S/C10H19NS/c1-3-4-5-8-11-9-6-7-10-12-2/h1,11H,4-10H2,2H3. The average molecular weight is 185 g/mol. The SMILES string of the molecule is C#CCCCNCCCCSC. The van der Waals surface area contributed by atoms with E-state index >= 15 is 0 Å². The quantitative estimate of drug-likeness (QED) is 0.459. The minimum absolute atomic E-state index is 0.901. The van der Waals surface area contributed by atoms with Crippen molar-refractivity contribution in [1.29, 1.82) is 0 Å². The van der Waals surface area contributed by atoms with Gasteiger partial charge in [-0.25, -0.2) is 0 Å². The maximum Gasteiger partial charge on any atom is 0.00981 e. The molecule has 2 heteroatoms. The number of nitrogens with one attached hydrogen (secondary N) is 1. The Bertz CT molecular complexity index is 117. The molecule has 0 amide bonds. The second-order valence-corrected chi connectivity index (χ2v) is 3.74. The summed E-state index contributed by atoms with van der Waals surface area (Å²) in [5.74, 6) is 3.92. The Balaban J connectivity index is 2.78. The van der Waals surface area contributed by atoms with Crippen LogP contribution in [0.5, 0.6) is 0 Å². The molecule has 12 heavy (non-hydrogen) atoms. The van der Waals surface area contributed by atoms with E-state index in [0.717, 1.165) is 25.9 Å². The molecule has 0 aliphatic rings. The van der Waals surface area contributed by atoms with E-state index in [1.807, 2.05) is 11.8 Å². The zero-order valence-electron chi connectivity index (χ0n) is 7.94. The predicted octanol–water partition coefficient (Wildman–Crippen LogP) is 2.13. The van der Waals surface area contributed by atoms with Crippen molar-refractivity contribution in [1.82, 2.24) is 5.32 Å². The molecular weight excluding hydrogens is 166 g/mol. The van der Waals surface area contributed by atoms with Crippen LogP contribution in [0, 0.1) is 12.3 Å². The van der Waals surface area contributed by atoms with E-state index in [4.69, 9.17) is 6.42 Å². The van der Waals surface area contributed by atoms with Gasteiger partial charge in [-0.15, -0.1) is 12.3 Å². The summed E-state index contributed by atoms with van der Waals surface area (Å²) < 4.78 is 0. The monoisotopic (exact) mass is 185 g/mol. The van der Waals surface area contributed by atoms with Crippen LogP contribution in [0.4, 0.5) is 0 Å².